The van der Waals surface area contributed by atoms with Crippen molar-refractivity contribution in [3.8, 4) is 17.1 Å². The summed E-state index contributed by atoms with van der Waals surface area (Å²) in [6.45, 7) is 2.86. The number of aromatic nitrogens is 2. The molecule has 0 aliphatic rings. The number of rotatable bonds is 6. The molecule has 0 amide bonds. The summed E-state index contributed by atoms with van der Waals surface area (Å²) in [5.41, 5.74) is 12.4. The normalized spacial score (nSPS) is 11.4. The van der Waals surface area contributed by atoms with Crippen molar-refractivity contribution in [2.75, 3.05) is 13.7 Å². The molecule has 0 saturated carbocycles. The molecule has 4 rings (SSSR count). The smallest absolute Gasteiger partial charge is 0.130 e. The van der Waals surface area contributed by atoms with E-state index in [1.807, 2.05) is 30.3 Å². The largest absolute Gasteiger partial charge is 0.496 e. The fraction of sp³-hybridized carbons (Fsp3) is 0.261. The number of hydrogen-bond acceptors (Lipinski definition) is 3. The molecule has 138 valence electrons. The van der Waals surface area contributed by atoms with Crippen LogP contribution in [-0.4, -0.2) is 23.6 Å². The van der Waals surface area contributed by atoms with E-state index in [2.05, 4.69) is 30.1 Å². The first kappa shape index (κ1) is 17.6. The summed E-state index contributed by atoms with van der Waals surface area (Å²) >= 11 is 0. The van der Waals surface area contributed by atoms with E-state index in [0.717, 1.165) is 53.8 Å². The molecule has 2 aromatic heterocycles. The molecule has 0 atom stereocenters. The molecule has 0 radical (unpaired) electrons. The monoisotopic (exact) mass is 359 g/mol. The van der Waals surface area contributed by atoms with E-state index in [0.29, 0.717) is 0 Å². The minimum atomic E-state index is 0.721. The number of H-pyrrole nitrogens is 1. The topological polar surface area (TPSA) is 63.9 Å². The second-order valence-corrected chi connectivity index (χ2v) is 6.95. The van der Waals surface area contributed by atoms with Gasteiger partial charge >= 0.3 is 0 Å². The van der Waals surface area contributed by atoms with Gasteiger partial charge in [0.25, 0.3) is 0 Å². The molecule has 4 heteroatoms. The number of aromatic amines is 1. The van der Waals surface area contributed by atoms with Gasteiger partial charge in [-0.1, -0.05) is 30.3 Å². The van der Waals surface area contributed by atoms with Crippen molar-refractivity contribution in [1.82, 2.24) is 9.97 Å². The molecule has 27 heavy (non-hydrogen) atoms. The van der Waals surface area contributed by atoms with Gasteiger partial charge in [-0.25, -0.2) is 4.98 Å². The first-order valence-electron chi connectivity index (χ1n) is 9.47. The van der Waals surface area contributed by atoms with Gasteiger partial charge in [-0.2, -0.15) is 0 Å². The summed E-state index contributed by atoms with van der Waals surface area (Å²) in [5.74, 6) is 0.846. The maximum atomic E-state index is 5.72. The second kappa shape index (κ2) is 7.41. The maximum Gasteiger partial charge on any atom is 0.130 e. The summed E-state index contributed by atoms with van der Waals surface area (Å²) in [7, 11) is 1.71. The Hall–Kier alpha value is -2.85. The number of nitrogens with one attached hydrogen (secondary N) is 1. The molecule has 2 aromatic carbocycles. The maximum absolute atomic E-state index is 5.72. The third kappa shape index (κ3) is 3.17. The van der Waals surface area contributed by atoms with Crippen LogP contribution in [0.3, 0.4) is 0 Å². The first-order chi connectivity index (χ1) is 13.2. The lowest BCUT2D eigenvalue weighted by atomic mass is 10.0. The van der Waals surface area contributed by atoms with Crippen LogP contribution in [0, 0.1) is 6.92 Å². The highest BCUT2D eigenvalue weighted by molar-refractivity contribution is 5.94. The van der Waals surface area contributed by atoms with Gasteiger partial charge in [0.15, 0.2) is 0 Å². The number of fused-ring (bicyclic) bond motifs is 2. The third-order valence-electron chi connectivity index (χ3n) is 5.18. The lowest BCUT2D eigenvalue weighted by Crippen LogP contribution is -1.99. The minimum absolute atomic E-state index is 0.721. The average molecular weight is 359 g/mol. The fourth-order valence-electron chi connectivity index (χ4n) is 3.79. The third-order valence-corrected chi connectivity index (χ3v) is 5.18. The van der Waals surface area contributed by atoms with Crippen LogP contribution in [0.5, 0.6) is 5.75 Å². The van der Waals surface area contributed by atoms with Gasteiger partial charge in [-0.3, -0.25) is 0 Å². The van der Waals surface area contributed by atoms with E-state index in [1.54, 1.807) is 7.11 Å². The molecule has 0 unspecified atom stereocenters. The highest BCUT2D eigenvalue weighted by Crippen LogP contribution is 2.35. The zero-order valence-electron chi connectivity index (χ0n) is 15.9. The van der Waals surface area contributed by atoms with Gasteiger partial charge in [0.05, 0.1) is 24.0 Å². The van der Waals surface area contributed by atoms with Crippen LogP contribution in [0.2, 0.25) is 0 Å². The molecule has 4 aromatic rings. The van der Waals surface area contributed by atoms with E-state index < -0.39 is 0 Å². The Morgan fingerprint density at radius 1 is 1.04 bits per heavy atom. The van der Waals surface area contributed by atoms with Crippen molar-refractivity contribution in [1.29, 1.82) is 0 Å². The standard InChI is InChI=1S/C23H25N3O/c1-15-8-7-11-16-17(9-5-6-13-24)23(26-22(15)16)20-14-21(27-2)18-10-3-4-12-19(18)25-20/h3-4,7-8,10-12,14,26H,5-6,9,13,24H2,1-2H3. The van der Waals surface area contributed by atoms with Gasteiger partial charge in [-0.05, 0) is 56.0 Å². The molecular weight excluding hydrogens is 334 g/mol. The van der Waals surface area contributed by atoms with E-state index in [-0.39, 0.29) is 0 Å². The quantitative estimate of drug-likeness (QED) is 0.477. The van der Waals surface area contributed by atoms with Gasteiger partial charge in [0, 0.05) is 22.4 Å². The van der Waals surface area contributed by atoms with Crippen LogP contribution in [0.1, 0.15) is 24.0 Å². The van der Waals surface area contributed by atoms with Crippen LogP contribution in [0.25, 0.3) is 33.2 Å². The number of unbranched alkanes of at least 4 members (excludes halogenated alkanes) is 1. The lowest BCUT2D eigenvalue weighted by Gasteiger charge is -2.10. The van der Waals surface area contributed by atoms with Crippen LogP contribution in [0.15, 0.2) is 48.5 Å². The number of aryl methyl sites for hydroxylation is 2. The van der Waals surface area contributed by atoms with Crippen molar-refractivity contribution in [2.24, 2.45) is 5.73 Å². The molecule has 2 heterocycles. The molecule has 0 bridgehead atoms. The van der Waals surface area contributed by atoms with Crippen LogP contribution in [-0.2, 0) is 6.42 Å². The number of para-hydroxylation sites is 2. The van der Waals surface area contributed by atoms with Crippen molar-refractivity contribution >= 4 is 21.8 Å². The van der Waals surface area contributed by atoms with E-state index in [1.165, 1.54) is 22.0 Å². The van der Waals surface area contributed by atoms with Crippen LogP contribution >= 0.6 is 0 Å². The molecule has 3 N–H and O–H groups in total. The number of ether oxygens (including phenoxy) is 1. The van der Waals surface area contributed by atoms with Gasteiger partial charge in [0.1, 0.15) is 5.75 Å². The lowest BCUT2D eigenvalue weighted by molar-refractivity contribution is 0.419. The molecule has 0 aliphatic carbocycles. The number of nitrogens with two attached hydrogens (primary N) is 1. The number of hydrogen-bond donors (Lipinski definition) is 2. The Morgan fingerprint density at radius 2 is 1.85 bits per heavy atom. The molecule has 0 saturated heterocycles. The van der Waals surface area contributed by atoms with Crippen molar-refractivity contribution in [3.63, 3.8) is 0 Å². The summed E-state index contributed by atoms with van der Waals surface area (Å²) in [6.07, 6.45) is 3.06. The van der Waals surface area contributed by atoms with E-state index in [4.69, 9.17) is 15.5 Å². The second-order valence-electron chi connectivity index (χ2n) is 6.95. The predicted molar refractivity (Wildman–Crippen MR) is 112 cm³/mol. The average Bonchev–Trinajstić information content (AvgIpc) is 3.07. The number of benzene rings is 2. The van der Waals surface area contributed by atoms with Gasteiger partial charge in [0.2, 0.25) is 0 Å². The summed E-state index contributed by atoms with van der Waals surface area (Å²) in [5, 5.41) is 2.30. The Labute approximate surface area is 159 Å². The molecular formula is C23H25N3O. The SMILES string of the molecule is COc1cc(-c2[nH]c3c(C)cccc3c2CCCCN)nc2ccccc12. The van der Waals surface area contributed by atoms with Crippen molar-refractivity contribution in [3.05, 3.63) is 59.7 Å². The summed E-state index contributed by atoms with van der Waals surface area (Å²) in [4.78, 5) is 8.57. The van der Waals surface area contributed by atoms with E-state index >= 15 is 0 Å². The molecule has 0 spiro atoms. The first-order valence-corrected chi connectivity index (χ1v) is 9.47. The Bertz CT molecular complexity index is 1100. The molecule has 0 aliphatic heterocycles. The number of pyridine rings is 1. The highest BCUT2D eigenvalue weighted by Gasteiger charge is 2.17. The van der Waals surface area contributed by atoms with Crippen LogP contribution < -0.4 is 10.5 Å². The van der Waals surface area contributed by atoms with Crippen LogP contribution in [0.4, 0.5) is 0 Å². The summed E-state index contributed by atoms with van der Waals surface area (Å²) in [6, 6.07) is 16.6. The van der Waals surface area contributed by atoms with Crippen molar-refractivity contribution < 1.29 is 4.74 Å². The number of methoxy groups -OCH3 is 1. The predicted octanol–water partition coefficient (Wildman–Crippen LogP) is 4.98. The Balaban J connectivity index is 1.93. The Morgan fingerprint density at radius 3 is 2.67 bits per heavy atom. The molecule has 4 nitrogen and oxygen atoms in total. The molecule has 0 fully saturated rings. The zero-order chi connectivity index (χ0) is 18.8. The number of nitrogens with zero attached hydrogens (tertiary/aromatic N) is 1. The van der Waals surface area contributed by atoms with Gasteiger partial charge in [-0.15, -0.1) is 0 Å². The summed E-state index contributed by atoms with van der Waals surface area (Å²) < 4.78 is 5.66. The van der Waals surface area contributed by atoms with Crippen molar-refractivity contribution in [2.45, 2.75) is 26.2 Å². The highest BCUT2D eigenvalue weighted by atomic mass is 16.5. The fourth-order valence-corrected chi connectivity index (χ4v) is 3.79. The van der Waals surface area contributed by atoms with E-state index in [9.17, 15) is 0 Å². The Kier molecular flexibility index (Phi) is 4.82. The zero-order valence-corrected chi connectivity index (χ0v) is 15.9. The van der Waals surface area contributed by atoms with Gasteiger partial charge < -0.3 is 15.5 Å². The minimum Gasteiger partial charge on any atom is -0.496 e.